The topological polar surface area (TPSA) is 6.48 Å². The van der Waals surface area contributed by atoms with Gasteiger partial charge in [0, 0.05) is 25.7 Å². The van der Waals surface area contributed by atoms with E-state index in [9.17, 15) is 0 Å². The molecule has 1 aromatic rings. The predicted octanol–water partition coefficient (Wildman–Crippen LogP) is 1.96. The van der Waals surface area contributed by atoms with Crippen molar-refractivity contribution in [3.8, 4) is 0 Å². The molecular weight excluding hydrogens is 196 g/mol. The molecule has 0 radical (unpaired) electrons. The summed E-state index contributed by atoms with van der Waals surface area (Å²) < 4.78 is 1.83. The predicted molar refractivity (Wildman–Crippen MR) is 59.1 cm³/mol. The molecule has 0 unspecified atom stereocenters. The van der Waals surface area contributed by atoms with Crippen LogP contribution in [-0.4, -0.2) is 35.5 Å². The summed E-state index contributed by atoms with van der Waals surface area (Å²) in [5.74, 6) is 0. The maximum atomic E-state index is 5.80. The van der Waals surface area contributed by atoms with Gasteiger partial charge in [-0.1, -0.05) is 30.3 Å². The van der Waals surface area contributed by atoms with Crippen molar-refractivity contribution in [2.75, 3.05) is 20.1 Å². The first-order chi connectivity index (χ1) is 6.75. The van der Waals surface area contributed by atoms with E-state index >= 15 is 0 Å². The first-order valence-electron chi connectivity index (χ1n) is 4.90. The minimum absolute atomic E-state index is 0.618. The fraction of sp³-hybridized carbons (Fsp3) is 0.455. The van der Waals surface area contributed by atoms with E-state index in [1.165, 1.54) is 5.56 Å². The van der Waals surface area contributed by atoms with E-state index in [-0.39, 0.29) is 0 Å². The Morgan fingerprint density at radius 2 is 2.00 bits per heavy atom. The summed E-state index contributed by atoms with van der Waals surface area (Å²) in [5, 5.41) is 0. The SMILES string of the molecule is CN(Cc1ccccc1)C1CN(Cl)C1. The Morgan fingerprint density at radius 1 is 1.36 bits per heavy atom. The number of benzene rings is 1. The minimum Gasteiger partial charge on any atom is -0.297 e. The number of halogens is 1. The Bertz CT molecular complexity index is 283. The van der Waals surface area contributed by atoms with Crippen LogP contribution < -0.4 is 0 Å². The highest BCUT2D eigenvalue weighted by molar-refractivity contribution is 6.13. The molecule has 0 N–H and O–H groups in total. The third-order valence-electron chi connectivity index (χ3n) is 2.72. The highest BCUT2D eigenvalue weighted by Gasteiger charge is 2.28. The zero-order chi connectivity index (χ0) is 9.97. The van der Waals surface area contributed by atoms with Crippen LogP contribution in [0.4, 0.5) is 0 Å². The molecule has 1 saturated heterocycles. The van der Waals surface area contributed by atoms with Gasteiger partial charge in [0.1, 0.15) is 0 Å². The summed E-state index contributed by atoms with van der Waals surface area (Å²) in [7, 11) is 2.15. The molecule has 1 aromatic carbocycles. The summed E-state index contributed by atoms with van der Waals surface area (Å²) in [6, 6.07) is 11.2. The quantitative estimate of drug-likeness (QED) is 0.704. The highest BCUT2D eigenvalue weighted by Crippen LogP contribution is 2.17. The van der Waals surface area contributed by atoms with Crippen LogP contribution in [0.15, 0.2) is 30.3 Å². The second-order valence-corrected chi connectivity index (χ2v) is 4.36. The molecule has 2 nitrogen and oxygen atoms in total. The first-order valence-corrected chi connectivity index (χ1v) is 5.24. The lowest BCUT2D eigenvalue weighted by Gasteiger charge is -2.39. The van der Waals surface area contributed by atoms with Gasteiger partial charge in [0.2, 0.25) is 0 Å². The summed E-state index contributed by atoms with van der Waals surface area (Å²) in [5.41, 5.74) is 1.36. The van der Waals surface area contributed by atoms with Gasteiger partial charge in [0.15, 0.2) is 0 Å². The number of hydrogen-bond donors (Lipinski definition) is 0. The summed E-state index contributed by atoms with van der Waals surface area (Å²) in [4.78, 5) is 2.36. The number of nitrogens with zero attached hydrogens (tertiary/aromatic N) is 2. The van der Waals surface area contributed by atoms with Gasteiger partial charge in [0.05, 0.1) is 0 Å². The number of likely N-dealkylation sites (N-methyl/N-ethyl adjacent to an activating group) is 1. The maximum absolute atomic E-state index is 5.80. The molecule has 14 heavy (non-hydrogen) atoms. The summed E-state index contributed by atoms with van der Waals surface area (Å²) in [6.07, 6.45) is 0. The Labute approximate surface area is 90.2 Å². The van der Waals surface area contributed by atoms with E-state index in [2.05, 4.69) is 36.2 Å². The average Bonchev–Trinajstić information content (AvgIpc) is 2.14. The molecular formula is C11H15ClN2. The van der Waals surface area contributed by atoms with E-state index in [1.807, 2.05) is 10.5 Å². The molecule has 76 valence electrons. The van der Waals surface area contributed by atoms with Crippen LogP contribution in [0.5, 0.6) is 0 Å². The Kier molecular flexibility index (Phi) is 3.06. The van der Waals surface area contributed by atoms with Crippen molar-refractivity contribution in [1.29, 1.82) is 0 Å². The largest absolute Gasteiger partial charge is 0.297 e. The average molecular weight is 211 g/mol. The van der Waals surface area contributed by atoms with Crippen LogP contribution in [0.1, 0.15) is 5.56 Å². The monoisotopic (exact) mass is 210 g/mol. The molecule has 0 bridgehead atoms. The standard InChI is InChI=1S/C11H15ClN2/c1-13(11-8-14(12)9-11)7-10-5-3-2-4-6-10/h2-6,11H,7-9H2,1H3. The fourth-order valence-corrected chi connectivity index (χ4v) is 2.00. The van der Waals surface area contributed by atoms with Crippen LogP contribution in [0.25, 0.3) is 0 Å². The van der Waals surface area contributed by atoms with Crippen molar-refractivity contribution < 1.29 is 0 Å². The lowest BCUT2D eigenvalue weighted by atomic mass is 10.1. The van der Waals surface area contributed by atoms with E-state index in [1.54, 1.807) is 0 Å². The molecule has 1 aliphatic rings. The minimum atomic E-state index is 0.618. The molecule has 3 heteroatoms. The molecule has 1 heterocycles. The van der Waals surface area contributed by atoms with Crippen molar-refractivity contribution in [3.63, 3.8) is 0 Å². The van der Waals surface area contributed by atoms with Crippen molar-refractivity contribution in [2.24, 2.45) is 0 Å². The molecule has 0 amide bonds. The van der Waals surface area contributed by atoms with E-state index in [4.69, 9.17) is 11.8 Å². The number of rotatable bonds is 3. The van der Waals surface area contributed by atoms with Crippen LogP contribution >= 0.6 is 11.8 Å². The van der Waals surface area contributed by atoms with Gasteiger partial charge in [0.25, 0.3) is 0 Å². The molecule has 0 aliphatic carbocycles. The van der Waals surface area contributed by atoms with Crippen LogP contribution in [0, 0.1) is 0 Å². The molecule has 2 rings (SSSR count). The van der Waals surface area contributed by atoms with E-state index in [0.29, 0.717) is 6.04 Å². The van der Waals surface area contributed by atoms with Crippen molar-refractivity contribution in [3.05, 3.63) is 35.9 Å². The normalized spacial score (nSPS) is 18.5. The van der Waals surface area contributed by atoms with Gasteiger partial charge in [-0.25, -0.2) is 4.42 Å². The molecule has 0 atom stereocenters. The lowest BCUT2D eigenvalue weighted by Crippen LogP contribution is -2.53. The van der Waals surface area contributed by atoms with Gasteiger partial charge in [-0.05, 0) is 24.4 Å². The highest BCUT2D eigenvalue weighted by atomic mass is 35.5. The Hall–Kier alpha value is -0.570. The van der Waals surface area contributed by atoms with Crippen LogP contribution in [0.3, 0.4) is 0 Å². The maximum Gasteiger partial charge on any atom is 0.0377 e. The summed E-state index contributed by atoms with van der Waals surface area (Å²) in [6.45, 7) is 2.96. The molecule has 1 fully saturated rings. The van der Waals surface area contributed by atoms with Crippen molar-refractivity contribution >= 4 is 11.8 Å². The van der Waals surface area contributed by atoms with Gasteiger partial charge in [-0.2, -0.15) is 0 Å². The zero-order valence-corrected chi connectivity index (χ0v) is 9.11. The Morgan fingerprint density at radius 3 is 2.57 bits per heavy atom. The third kappa shape index (κ3) is 2.27. The van der Waals surface area contributed by atoms with Crippen LogP contribution in [0.2, 0.25) is 0 Å². The Balaban J connectivity index is 1.86. The first kappa shape index (κ1) is 9.97. The lowest BCUT2D eigenvalue weighted by molar-refractivity contribution is 0.108. The third-order valence-corrected chi connectivity index (χ3v) is 2.99. The molecule has 0 saturated carbocycles. The van der Waals surface area contributed by atoms with Crippen molar-refractivity contribution in [2.45, 2.75) is 12.6 Å². The molecule has 0 spiro atoms. The fourth-order valence-electron chi connectivity index (χ4n) is 1.68. The number of hydrogen-bond acceptors (Lipinski definition) is 2. The van der Waals surface area contributed by atoms with E-state index in [0.717, 1.165) is 19.6 Å². The van der Waals surface area contributed by atoms with Gasteiger partial charge < -0.3 is 0 Å². The zero-order valence-electron chi connectivity index (χ0n) is 8.36. The molecule has 0 aromatic heterocycles. The van der Waals surface area contributed by atoms with Crippen molar-refractivity contribution in [1.82, 2.24) is 9.32 Å². The van der Waals surface area contributed by atoms with Gasteiger partial charge in [-0.3, -0.25) is 4.90 Å². The second kappa shape index (κ2) is 4.30. The smallest absolute Gasteiger partial charge is 0.0377 e. The van der Waals surface area contributed by atoms with Gasteiger partial charge in [-0.15, -0.1) is 0 Å². The van der Waals surface area contributed by atoms with Gasteiger partial charge >= 0.3 is 0 Å². The second-order valence-electron chi connectivity index (χ2n) is 3.88. The van der Waals surface area contributed by atoms with Crippen LogP contribution in [-0.2, 0) is 6.54 Å². The molecule has 1 aliphatic heterocycles. The summed E-state index contributed by atoms with van der Waals surface area (Å²) >= 11 is 5.80. The van der Waals surface area contributed by atoms with E-state index < -0.39 is 0 Å².